The van der Waals surface area contributed by atoms with Crippen LogP contribution < -0.4 is 14.2 Å². The number of methoxy groups -OCH3 is 3. The van der Waals surface area contributed by atoms with Crippen LogP contribution in [-0.4, -0.2) is 32.5 Å². The first kappa shape index (κ1) is 17.0. The summed E-state index contributed by atoms with van der Waals surface area (Å²) in [4.78, 5) is 9.01. The summed E-state index contributed by atoms with van der Waals surface area (Å²) < 4.78 is 16.0. The zero-order valence-electron chi connectivity index (χ0n) is 14.2. The number of ether oxygens (including phenoxy) is 3. The van der Waals surface area contributed by atoms with Crippen molar-refractivity contribution in [1.29, 1.82) is 0 Å². The van der Waals surface area contributed by atoms with E-state index in [1.807, 2.05) is 47.8 Å². The molecule has 0 N–H and O–H groups in total. The van der Waals surface area contributed by atoms with Gasteiger partial charge in [0.15, 0.2) is 11.5 Å². The number of aliphatic imine (C=N–C) groups is 1. The molecule has 2 aromatic carbocycles. The van der Waals surface area contributed by atoms with Gasteiger partial charge in [-0.2, -0.15) is 0 Å². The summed E-state index contributed by atoms with van der Waals surface area (Å²) in [7, 11) is 4.76. The van der Waals surface area contributed by atoms with Crippen molar-refractivity contribution in [3.05, 3.63) is 53.4 Å². The van der Waals surface area contributed by atoms with Crippen molar-refractivity contribution >= 4 is 22.7 Å². The molecule has 25 heavy (non-hydrogen) atoms. The van der Waals surface area contributed by atoms with Gasteiger partial charge in [0.05, 0.1) is 27.0 Å². The van der Waals surface area contributed by atoms with Crippen LogP contribution in [0.1, 0.15) is 5.56 Å². The number of aromatic nitrogens is 1. The summed E-state index contributed by atoms with van der Waals surface area (Å²) in [6.07, 6.45) is 1.73. The highest BCUT2D eigenvalue weighted by Crippen LogP contribution is 2.38. The van der Waals surface area contributed by atoms with Gasteiger partial charge in [0.25, 0.3) is 0 Å². The Bertz CT molecular complexity index is 850. The zero-order chi connectivity index (χ0) is 17.6. The van der Waals surface area contributed by atoms with Crippen molar-refractivity contribution in [2.45, 2.75) is 0 Å². The van der Waals surface area contributed by atoms with E-state index in [2.05, 4.69) is 9.98 Å². The van der Waals surface area contributed by atoms with Crippen LogP contribution in [0.2, 0.25) is 0 Å². The first-order valence-corrected chi connectivity index (χ1v) is 8.48. The van der Waals surface area contributed by atoms with Crippen LogP contribution in [0.4, 0.5) is 5.13 Å². The zero-order valence-corrected chi connectivity index (χ0v) is 15.0. The maximum atomic E-state index is 5.35. The van der Waals surface area contributed by atoms with Crippen molar-refractivity contribution in [2.24, 2.45) is 4.99 Å². The maximum absolute atomic E-state index is 5.35. The molecule has 0 fully saturated rings. The molecule has 3 rings (SSSR count). The van der Waals surface area contributed by atoms with E-state index in [0.29, 0.717) is 22.4 Å². The van der Waals surface area contributed by atoms with Crippen molar-refractivity contribution in [2.75, 3.05) is 21.3 Å². The maximum Gasteiger partial charge on any atom is 0.209 e. The second-order valence-corrected chi connectivity index (χ2v) is 5.93. The molecule has 128 valence electrons. The fraction of sp³-hybridized carbons (Fsp3) is 0.158. The normalized spacial score (nSPS) is 10.8. The Labute approximate surface area is 150 Å². The first-order chi connectivity index (χ1) is 12.2. The third-order valence-corrected chi connectivity index (χ3v) is 4.32. The predicted molar refractivity (Wildman–Crippen MR) is 101 cm³/mol. The summed E-state index contributed by atoms with van der Waals surface area (Å²) in [5.41, 5.74) is 2.83. The number of rotatable bonds is 6. The standard InChI is InChI=1S/C19H18N2O3S/c1-22-16-9-13(10-17(23-2)18(16)24-3)11-20-19-21-15(12-25-19)14-7-5-4-6-8-14/h4-12H,1-3H3. The molecule has 0 aliphatic rings. The van der Waals surface area contributed by atoms with Crippen LogP contribution in [0.5, 0.6) is 17.2 Å². The fourth-order valence-corrected chi connectivity index (χ4v) is 3.04. The summed E-state index contributed by atoms with van der Waals surface area (Å²) in [6, 6.07) is 13.7. The van der Waals surface area contributed by atoms with Crippen molar-refractivity contribution in [1.82, 2.24) is 4.98 Å². The Hall–Kier alpha value is -2.86. The van der Waals surface area contributed by atoms with Crippen LogP contribution in [0.25, 0.3) is 11.3 Å². The highest BCUT2D eigenvalue weighted by Gasteiger charge is 2.12. The van der Waals surface area contributed by atoms with E-state index in [9.17, 15) is 0 Å². The van der Waals surface area contributed by atoms with Crippen molar-refractivity contribution in [3.8, 4) is 28.5 Å². The monoisotopic (exact) mass is 354 g/mol. The van der Waals surface area contributed by atoms with Gasteiger partial charge in [0.1, 0.15) is 0 Å². The first-order valence-electron chi connectivity index (χ1n) is 7.60. The molecule has 0 radical (unpaired) electrons. The molecule has 0 atom stereocenters. The minimum Gasteiger partial charge on any atom is -0.493 e. The largest absolute Gasteiger partial charge is 0.493 e. The summed E-state index contributed by atoms with van der Waals surface area (Å²) in [5, 5.41) is 2.68. The molecule has 0 saturated heterocycles. The third kappa shape index (κ3) is 3.80. The van der Waals surface area contributed by atoms with Gasteiger partial charge in [-0.25, -0.2) is 9.98 Å². The van der Waals surface area contributed by atoms with Crippen LogP contribution in [-0.2, 0) is 0 Å². The molecule has 0 aliphatic heterocycles. The minimum atomic E-state index is 0.558. The van der Waals surface area contributed by atoms with E-state index in [1.54, 1.807) is 27.5 Å². The summed E-state index contributed by atoms with van der Waals surface area (Å²) >= 11 is 1.49. The third-order valence-electron chi connectivity index (χ3n) is 3.57. The Morgan fingerprint density at radius 1 is 0.960 bits per heavy atom. The molecule has 5 nitrogen and oxygen atoms in total. The van der Waals surface area contributed by atoms with E-state index in [1.165, 1.54) is 11.3 Å². The number of thiazole rings is 1. The molecule has 1 heterocycles. The van der Waals surface area contributed by atoms with Gasteiger partial charge in [-0.1, -0.05) is 30.3 Å². The number of nitrogens with zero attached hydrogens (tertiary/aromatic N) is 2. The Morgan fingerprint density at radius 2 is 1.64 bits per heavy atom. The molecule has 3 aromatic rings. The summed E-state index contributed by atoms with van der Waals surface area (Å²) in [6.45, 7) is 0. The Kier molecular flexibility index (Phi) is 5.30. The van der Waals surface area contributed by atoms with Crippen LogP contribution in [0.15, 0.2) is 52.8 Å². The quantitative estimate of drug-likeness (QED) is 0.608. The van der Waals surface area contributed by atoms with E-state index < -0.39 is 0 Å². The molecule has 0 bridgehead atoms. The molecule has 6 heteroatoms. The smallest absolute Gasteiger partial charge is 0.209 e. The lowest BCUT2D eigenvalue weighted by molar-refractivity contribution is 0.324. The van der Waals surface area contributed by atoms with Crippen LogP contribution in [0, 0.1) is 0 Å². The minimum absolute atomic E-state index is 0.558. The van der Waals surface area contributed by atoms with Gasteiger partial charge >= 0.3 is 0 Å². The lowest BCUT2D eigenvalue weighted by atomic mass is 10.2. The van der Waals surface area contributed by atoms with Crippen LogP contribution in [0.3, 0.4) is 0 Å². The molecular formula is C19H18N2O3S. The van der Waals surface area contributed by atoms with E-state index in [4.69, 9.17) is 14.2 Å². The van der Waals surface area contributed by atoms with Gasteiger partial charge in [0.2, 0.25) is 10.9 Å². The molecule has 0 amide bonds. The Morgan fingerprint density at radius 3 is 2.24 bits per heavy atom. The Balaban J connectivity index is 1.86. The van der Waals surface area contributed by atoms with Crippen molar-refractivity contribution in [3.63, 3.8) is 0 Å². The average molecular weight is 354 g/mol. The number of benzene rings is 2. The SMILES string of the molecule is COc1cc(C=Nc2nc(-c3ccccc3)cs2)cc(OC)c1OC. The van der Waals surface area contributed by atoms with Gasteiger partial charge in [0, 0.05) is 22.7 Å². The topological polar surface area (TPSA) is 52.9 Å². The van der Waals surface area contributed by atoms with E-state index >= 15 is 0 Å². The molecule has 1 aromatic heterocycles. The van der Waals surface area contributed by atoms with Gasteiger partial charge < -0.3 is 14.2 Å². The van der Waals surface area contributed by atoms with E-state index in [-0.39, 0.29) is 0 Å². The second kappa shape index (κ2) is 7.81. The lowest BCUT2D eigenvalue weighted by Gasteiger charge is -2.12. The molecule has 0 aliphatic carbocycles. The highest BCUT2D eigenvalue weighted by atomic mass is 32.1. The number of hydrogen-bond acceptors (Lipinski definition) is 6. The predicted octanol–water partition coefficient (Wildman–Crippen LogP) is 4.59. The average Bonchev–Trinajstić information content (AvgIpc) is 3.15. The van der Waals surface area contributed by atoms with Crippen LogP contribution >= 0.6 is 11.3 Å². The number of hydrogen-bond donors (Lipinski definition) is 0. The highest BCUT2D eigenvalue weighted by molar-refractivity contribution is 7.13. The lowest BCUT2D eigenvalue weighted by Crippen LogP contribution is -1.96. The molecule has 0 saturated carbocycles. The van der Waals surface area contributed by atoms with Gasteiger partial charge in [-0.05, 0) is 12.1 Å². The van der Waals surface area contributed by atoms with E-state index in [0.717, 1.165) is 16.8 Å². The van der Waals surface area contributed by atoms with Gasteiger partial charge in [-0.3, -0.25) is 0 Å². The molecule has 0 unspecified atom stereocenters. The molecule has 0 spiro atoms. The van der Waals surface area contributed by atoms with Gasteiger partial charge in [-0.15, -0.1) is 11.3 Å². The summed E-state index contributed by atoms with van der Waals surface area (Å²) in [5.74, 6) is 1.74. The molecular weight excluding hydrogens is 336 g/mol. The van der Waals surface area contributed by atoms with Crippen molar-refractivity contribution < 1.29 is 14.2 Å². The second-order valence-electron chi connectivity index (χ2n) is 5.10. The fourth-order valence-electron chi connectivity index (χ4n) is 2.37.